The summed E-state index contributed by atoms with van der Waals surface area (Å²) in [6.07, 6.45) is 6.95. The molecular formula is C27H36Cl2FN5O. The molecule has 2 aliphatic heterocycles. The van der Waals surface area contributed by atoms with Crippen molar-refractivity contribution in [2.75, 3.05) is 37.6 Å². The molecule has 2 saturated heterocycles. The number of piperazine rings is 1. The van der Waals surface area contributed by atoms with E-state index in [0.29, 0.717) is 45.8 Å². The molecule has 0 spiro atoms. The van der Waals surface area contributed by atoms with Crippen LogP contribution in [0, 0.1) is 5.82 Å². The van der Waals surface area contributed by atoms with Gasteiger partial charge in [0.1, 0.15) is 11.6 Å². The minimum Gasteiger partial charge on any atom is -0.353 e. The maximum absolute atomic E-state index is 14.2. The molecule has 5 rings (SSSR count). The lowest BCUT2D eigenvalue weighted by Crippen LogP contribution is -2.58. The normalized spacial score (nSPS) is 22.1. The first-order chi connectivity index (χ1) is 17.4. The number of carbonyl (C=O) groups is 1. The van der Waals surface area contributed by atoms with Crippen molar-refractivity contribution in [1.82, 2.24) is 20.1 Å². The number of hydrogen-bond acceptors (Lipinski definition) is 5. The van der Waals surface area contributed by atoms with E-state index in [0.717, 1.165) is 70.6 Å². The minimum absolute atomic E-state index is 0. The topological polar surface area (TPSA) is 51.7 Å². The predicted octanol–water partition coefficient (Wildman–Crippen LogP) is 5.23. The van der Waals surface area contributed by atoms with E-state index >= 15 is 0 Å². The van der Waals surface area contributed by atoms with E-state index in [1.54, 1.807) is 24.4 Å². The Labute approximate surface area is 224 Å². The molecular weight excluding hydrogens is 500 g/mol. The van der Waals surface area contributed by atoms with Crippen LogP contribution in [0.15, 0.2) is 30.5 Å². The number of piperidine rings is 1. The van der Waals surface area contributed by atoms with E-state index < -0.39 is 0 Å². The number of halogens is 3. The largest absolute Gasteiger partial charge is 0.353 e. The highest BCUT2D eigenvalue weighted by atomic mass is 35.5. The number of nitrogens with zero attached hydrogens (tertiary/aromatic N) is 4. The Kier molecular flexibility index (Phi) is 8.01. The number of amides is 1. The van der Waals surface area contributed by atoms with E-state index in [2.05, 4.69) is 31.9 Å². The molecule has 0 radical (unpaired) electrons. The third kappa shape index (κ3) is 5.96. The van der Waals surface area contributed by atoms with Gasteiger partial charge in [-0.05, 0) is 63.4 Å². The highest BCUT2D eigenvalue weighted by Gasteiger charge is 2.34. The molecule has 1 aromatic heterocycles. The van der Waals surface area contributed by atoms with Crippen LogP contribution in [0.2, 0.25) is 10.0 Å². The Morgan fingerprint density at radius 1 is 1.14 bits per heavy atom. The van der Waals surface area contributed by atoms with Crippen molar-refractivity contribution >= 4 is 34.9 Å². The van der Waals surface area contributed by atoms with Crippen LogP contribution in [0.3, 0.4) is 0 Å². The molecule has 2 aromatic rings. The third-order valence-corrected chi connectivity index (χ3v) is 8.24. The highest BCUT2D eigenvalue weighted by molar-refractivity contribution is 6.33. The molecule has 0 bridgehead atoms. The van der Waals surface area contributed by atoms with Gasteiger partial charge >= 0.3 is 0 Å². The van der Waals surface area contributed by atoms with E-state index in [9.17, 15) is 9.18 Å². The predicted molar refractivity (Wildman–Crippen MR) is 145 cm³/mol. The summed E-state index contributed by atoms with van der Waals surface area (Å²) in [7, 11) is 0. The summed E-state index contributed by atoms with van der Waals surface area (Å²) in [6.45, 7) is 7.46. The highest BCUT2D eigenvalue weighted by Crippen LogP contribution is 2.30. The maximum atomic E-state index is 14.2. The monoisotopic (exact) mass is 535 g/mol. The zero-order chi connectivity index (χ0) is 25.2. The quantitative estimate of drug-likeness (QED) is 0.525. The second kappa shape index (κ2) is 11.2. The van der Waals surface area contributed by atoms with Crippen LogP contribution in [0.1, 0.15) is 56.4 Å². The summed E-state index contributed by atoms with van der Waals surface area (Å²) in [5.41, 5.74) is 1.23. The number of pyridine rings is 1. The molecule has 1 N–H and O–H groups in total. The second-order valence-corrected chi connectivity index (χ2v) is 11.1. The number of carbonyl (C=O) groups excluding carboxylic acids is 1. The number of nitrogens with one attached hydrogen (secondary N) is 1. The van der Waals surface area contributed by atoms with Crippen LogP contribution in [0.5, 0.6) is 0 Å². The fraction of sp³-hybridized carbons (Fsp3) is 0.556. The zero-order valence-corrected chi connectivity index (χ0v) is 22.2. The summed E-state index contributed by atoms with van der Waals surface area (Å²) >= 11 is 12.5. The van der Waals surface area contributed by atoms with Gasteiger partial charge < -0.3 is 10.2 Å². The maximum Gasteiger partial charge on any atom is 0.253 e. The molecule has 196 valence electrons. The number of anilines is 1. The molecule has 0 unspecified atom stereocenters. The number of rotatable bonds is 7. The van der Waals surface area contributed by atoms with Crippen molar-refractivity contribution in [3.05, 3.63) is 57.5 Å². The molecule has 9 heteroatoms. The summed E-state index contributed by atoms with van der Waals surface area (Å²) in [5, 5.41) is 3.96. The van der Waals surface area contributed by atoms with Crippen LogP contribution >= 0.6 is 23.2 Å². The molecule has 6 nitrogen and oxygen atoms in total. The molecule has 1 saturated carbocycles. The molecule has 1 atom stereocenters. The Balaban J connectivity index is 0.00000320. The summed E-state index contributed by atoms with van der Waals surface area (Å²) in [6, 6.07) is 7.94. The van der Waals surface area contributed by atoms with E-state index in [1.165, 1.54) is 6.07 Å². The van der Waals surface area contributed by atoms with Crippen LogP contribution in [0.25, 0.3) is 0 Å². The van der Waals surface area contributed by atoms with Gasteiger partial charge in [-0.2, -0.15) is 0 Å². The third-order valence-electron chi connectivity index (χ3n) is 7.73. The number of hydrogen-bond donors (Lipinski definition) is 1. The van der Waals surface area contributed by atoms with Crippen molar-refractivity contribution < 1.29 is 10.6 Å². The van der Waals surface area contributed by atoms with Gasteiger partial charge in [-0.1, -0.05) is 36.2 Å². The molecule has 1 aliphatic carbocycles. The van der Waals surface area contributed by atoms with Crippen molar-refractivity contribution in [2.24, 2.45) is 0 Å². The first-order valence-electron chi connectivity index (χ1n) is 13.0. The minimum atomic E-state index is -0.226. The number of benzene rings is 1. The summed E-state index contributed by atoms with van der Waals surface area (Å²) < 4.78 is 14.2. The second-order valence-electron chi connectivity index (χ2n) is 10.3. The lowest BCUT2D eigenvalue weighted by Gasteiger charge is -2.47. The van der Waals surface area contributed by atoms with Gasteiger partial charge in [-0.15, -0.1) is 0 Å². The van der Waals surface area contributed by atoms with Crippen LogP contribution < -0.4 is 10.2 Å². The smallest absolute Gasteiger partial charge is 0.253 e. The number of aromatic nitrogens is 1. The SMILES string of the molecule is CC[C@H]1CN(c2ncc(C(=O)NC3CC3)cc2Cl)CCN1C1CCN(Cc2ccc(Cl)cc2F)CC1.[HH]. The Morgan fingerprint density at radius 2 is 1.92 bits per heavy atom. The van der Waals surface area contributed by atoms with Crippen molar-refractivity contribution in [2.45, 2.75) is 63.7 Å². The first kappa shape index (κ1) is 25.7. The Bertz CT molecular complexity index is 1100. The lowest BCUT2D eigenvalue weighted by molar-refractivity contribution is 0.0607. The van der Waals surface area contributed by atoms with Gasteiger partial charge in [0.05, 0.1) is 10.6 Å². The molecule has 36 heavy (non-hydrogen) atoms. The molecule has 3 fully saturated rings. The lowest BCUT2D eigenvalue weighted by atomic mass is 9.97. The van der Waals surface area contributed by atoms with E-state index in [1.807, 2.05) is 0 Å². The average molecular weight is 537 g/mol. The zero-order valence-electron chi connectivity index (χ0n) is 20.7. The molecule has 1 amide bonds. The van der Waals surface area contributed by atoms with E-state index in [-0.39, 0.29) is 13.2 Å². The van der Waals surface area contributed by atoms with Crippen LogP contribution in [-0.2, 0) is 6.54 Å². The fourth-order valence-corrected chi connectivity index (χ4v) is 5.93. The van der Waals surface area contributed by atoms with Crippen molar-refractivity contribution in [1.29, 1.82) is 0 Å². The molecule has 1 aromatic carbocycles. The van der Waals surface area contributed by atoms with Gasteiger partial charge in [-0.3, -0.25) is 14.6 Å². The molecule has 3 aliphatic rings. The summed E-state index contributed by atoms with van der Waals surface area (Å²) in [4.78, 5) is 24.2. The molecule has 3 heterocycles. The van der Waals surface area contributed by atoms with Crippen LogP contribution in [-0.4, -0.2) is 71.5 Å². The number of likely N-dealkylation sites (tertiary alicyclic amines) is 1. The Morgan fingerprint density at radius 3 is 2.58 bits per heavy atom. The van der Waals surface area contributed by atoms with Crippen LogP contribution in [0.4, 0.5) is 10.2 Å². The first-order valence-corrected chi connectivity index (χ1v) is 13.8. The average Bonchev–Trinajstić information content (AvgIpc) is 3.70. The van der Waals surface area contributed by atoms with Gasteiger partial charge in [0, 0.05) is 62.5 Å². The van der Waals surface area contributed by atoms with Gasteiger partial charge in [0.15, 0.2) is 0 Å². The fourth-order valence-electron chi connectivity index (χ4n) is 5.49. The van der Waals surface area contributed by atoms with Gasteiger partial charge in [-0.25, -0.2) is 9.37 Å². The van der Waals surface area contributed by atoms with Crippen molar-refractivity contribution in [3.63, 3.8) is 0 Å². The van der Waals surface area contributed by atoms with E-state index in [4.69, 9.17) is 23.2 Å². The van der Waals surface area contributed by atoms with Crippen molar-refractivity contribution in [3.8, 4) is 0 Å². The van der Waals surface area contributed by atoms with Gasteiger partial charge in [0.2, 0.25) is 0 Å². The standard InChI is InChI=1S/C27H34Cl2FN5O.H2/c1-2-22-17-34(26-24(29)13-19(15-31-26)27(36)32-21-5-6-21)11-12-35(22)23-7-9-33(10-8-23)16-18-3-4-20(28)14-25(18)30;/h3-4,13-15,21-23H,2,5-12,16-17H2,1H3,(H,32,36);1H/t22-;/m0./s1. The summed E-state index contributed by atoms with van der Waals surface area (Å²) in [5.74, 6) is 0.438. The Hall–Kier alpha value is -1.93. The van der Waals surface area contributed by atoms with Gasteiger partial charge in [0.25, 0.3) is 5.91 Å².